The number of nitrogens with one attached hydrogen (secondary N) is 2. The Kier molecular flexibility index (Phi) is 5.41. The monoisotopic (exact) mass is 358 g/mol. The molecular weight excluding hydrogens is 337 g/mol. The first-order valence-corrected chi connectivity index (χ1v) is 7.91. The first-order valence-electron chi connectivity index (χ1n) is 7.91. The van der Waals surface area contributed by atoms with Gasteiger partial charge in [-0.1, -0.05) is 0 Å². The van der Waals surface area contributed by atoms with Crippen LogP contribution in [-0.2, 0) is 15.7 Å². The lowest BCUT2D eigenvalue weighted by Crippen LogP contribution is -2.49. The van der Waals surface area contributed by atoms with E-state index in [4.69, 9.17) is 4.74 Å². The van der Waals surface area contributed by atoms with Crippen molar-refractivity contribution in [3.8, 4) is 0 Å². The van der Waals surface area contributed by atoms with Gasteiger partial charge < -0.3 is 10.1 Å². The lowest BCUT2D eigenvalue weighted by molar-refractivity contribution is -0.159. The summed E-state index contributed by atoms with van der Waals surface area (Å²) in [4.78, 5) is 24.2. The van der Waals surface area contributed by atoms with Crippen molar-refractivity contribution < 1.29 is 27.5 Å². The summed E-state index contributed by atoms with van der Waals surface area (Å²) in [6.45, 7) is 5.74. The molecule has 1 saturated heterocycles. The summed E-state index contributed by atoms with van der Waals surface area (Å²) < 4.78 is 43.1. The molecule has 2 rings (SSSR count). The van der Waals surface area contributed by atoms with Crippen LogP contribution in [0.25, 0.3) is 0 Å². The van der Waals surface area contributed by atoms with E-state index < -0.39 is 35.3 Å². The van der Waals surface area contributed by atoms with Crippen LogP contribution in [0.3, 0.4) is 0 Å². The fourth-order valence-corrected chi connectivity index (χ4v) is 2.30. The van der Waals surface area contributed by atoms with Gasteiger partial charge in [-0.25, -0.2) is 0 Å². The molecule has 2 atom stereocenters. The van der Waals surface area contributed by atoms with Gasteiger partial charge in [0, 0.05) is 18.5 Å². The predicted molar refractivity (Wildman–Crippen MR) is 84.7 cm³/mol. The molecule has 0 saturated carbocycles. The molecule has 0 aliphatic carbocycles. The topological polar surface area (TPSA) is 67.4 Å². The summed E-state index contributed by atoms with van der Waals surface area (Å²) >= 11 is 0. The summed E-state index contributed by atoms with van der Waals surface area (Å²) in [5, 5.41) is 5.66. The number of benzene rings is 1. The van der Waals surface area contributed by atoms with Crippen LogP contribution in [0.2, 0.25) is 0 Å². The minimum Gasteiger partial charge on any atom is -0.458 e. The van der Waals surface area contributed by atoms with E-state index in [9.17, 15) is 22.8 Å². The zero-order valence-electron chi connectivity index (χ0n) is 14.2. The molecular formula is C17H21F3N2O3. The van der Waals surface area contributed by atoms with Gasteiger partial charge in [-0.2, -0.15) is 13.2 Å². The number of halogens is 3. The van der Waals surface area contributed by atoms with Crippen molar-refractivity contribution >= 4 is 11.9 Å². The molecule has 1 amide bonds. The van der Waals surface area contributed by atoms with Gasteiger partial charge in [-0.3, -0.25) is 14.9 Å². The number of carbonyl (C=O) groups is 2. The predicted octanol–water partition coefficient (Wildman–Crippen LogP) is 2.71. The number of hydrogen-bond donors (Lipinski definition) is 2. The van der Waals surface area contributed by atoms with Gasteiger partial charge >= 0.3 is 12.1 Å². The second kappa shape index (κ2) is 7.03. The average Bonchev–Trinajstić information content (AvgIpc) is 2.92. The normalized spacial score (nSPS) is 21.0. The largest absolute Gasteiger partial charge is 0.458 e. The zero-order chi connectivity index (χ0) is 18.8. The molecule has 1 aliphatic heterocycles. The van der Waals surface area contributed by atoms with E-state index in [1.165, 1.54) is 0 Å². The number of carbonyl (C=O) groups excluding carboxylic acids is 2. The fourth-order valence-electron chi connectivity index (χ4n) is 2.30. The molecule has 5 nitrogen and oxygen atoms in total. The van der Waals surface area contributed by atoms with E-state index in [0.29, 0.717) is 13.0 Å². The molecule has 0 aromatic heterocycles. The standard InChI is InChI=1S/C17H21F3N2O3/c1-16(2,3)15(24)25-12-8-9-21-13(12)22-14(23)10-4-6-11(7-5-10)17(18,19)20/h4-7,12-13,21H,8-9H2,1-3H3,(H,22,23). The third-order valence-electron chi connectivity index (χ3n) is 3.80. The van der Waals surface area contributed by atoms with E-state index in [-0.39, 0.29) is 11.5 Å². The Labute approximate surface area is 143 Å². The Balaban J connectivity index is 2.00. The Morgan fingerprint density at radius 1 is 1.16 bits per heavy atom. The Hall–Kier alpha value is -2.09. The smallest absolute Gasteiger partial charge is 0.416 e. The quantitative estimate of drug-likeness (QED) is 0.816. The lowest BCUT2D eigenvalue weighted by atomic mass is 9.97. The molecule has 1 aliphatic rings. The minimum atomic E-state index is -4.45. The highest BCUT2D eigenvalue weighted by Crippen LogP contribution is 2.29. The van der Waals surface area contributed by atoms with E-state index in [1.807, 2.05) is 0 Å². The molecule has 1 heterocycles. The minimum absolute atomic E-state index is 0.0996. The van der Waals surface area contributed by atoms with Crippen LogP contribution >= 0.6 is 0 Å². The maximum absolute atomic E-state index is 12.6. The van der Waals surface area contributed by atoms with Crippen LogP contribution in [0.4, 0.5) is 13.2 Å². The second-order valence-electron chi connectivity index (χ2n) is 6.96. The average molecular weight is 358 g/mol. The molecule has 0 radical (unpaired) electrons. The Bertz CT molecular complexity index is 636. The number of alkyl halides is 3. The van der Waals surface area contributed by atoms with Crippen LogP contribution in [0, 0.1) is 5.41 Å². The fraction of sp³-hybridized carbons (Fsp3) is 0.529. The SMILES string of the molecule is CC(C)(C)C(=O)OC1CCNC1NC(=O)c1ccc(C(F)(F)F)cc1. The van der Waals surface area contributed by atoms with Gasteiger partial charge in [-0.15, -0.1) is 0 Å². The van der Waals surface area contributed by atoms with Crippen molar-refractivity contribution in [2.75, 3.05) is 6.54 Å². The first kappa shape index (κ1) is 19.2. The highest BCUT2D eigenvalue weighted by Gasteiger charge is 2.35. The summed E-state index contributed by atoms with van der Waals surface area (Å²) in [5.41, 5.74) is -1.38. The highest BCUT2D eigenvalue weighted by atomic mass is 19.4. The van der Waals surface area contributed by atoms with Crippen molar-refractivity contribution in [1.82, 2.24) is 10.6 Å². The molecule has 0 bridgehead atoms. The molecule has 8 heteroatoms. The number of ether oxygens (including phenoxy) is 1. The zero-order valence-corrected chi connectivity index (χ0v) is 14.2. The number of hydrogen-bond acceptors (Lipinski definition) is 4. The Morgan fingerprint density at radius 2 is 1.76 bits per heavy atom. The van der Waals surface area contributed by atoms with Gasteiger partial charge in [0.1, 0.15) is 12.3 Å². The van der Waals surface area contributed by atoms with Crippen LogP contribution < -0.4 is 10.6 Å². The number of amides is 1. The summed E-state index contributed by atoms with van der Waals surface area (Å²) in [6.07, 6.45) is -5.01. The van der Waals surface area contributed by atoms with Gasteiger partial charge in [0.05, 0.1) is 11.0 Å². The van der Waals surface area contributed by atoms with Crippen LogP contribution in [0.15, 0.2) is 24.3 Å². The van der Waals surface area contributed by atoms with Gasteiger partial charge in [0.2, 0.25) is 0 Å². The maximum atomic E-state index is 12.6. The summed E-state index contributed by atoms with van der Waals surface area (Å²) in [5.74, 6) is -0.917. The number of esters is 1. The first-order chi connectivity index (χ1) is 11.5. The Morgan fingerprint density at radius 3 is 2.28 bits per heavy atom. The van der Waals surface area contributed by atoms with Crippen molar-refractivity contribution in [3.63, 3.8) is 0 Å². The van der Waals surface area contributed by atoms with Crippen molar-refractivity contribution in [2.45, 2.75) is 45.6 Å². The van der Waals surface area contributed by atoms with Crippen molar-refractivity contribution in [2.24, 2.45) is 5.41 Å². The lowest BCUT2D eigenvalue weighted by Gasteiger charge is -2.25. The maximum Gasteiger partial charge on any atom is 0.416 e. The van der Waals surface area contributed by atoms with Gasteiger partial charge in [0.25, 0.3) is 5.91 Å². The van der Waals surface area contributed by atoms with Crippen molar-refractivity contribution in [3.05, 3.63) is 35.4 Å². The molecule has 2 unspecified atom stereocenters. The van der Waals surface area contributed by atoms with E-state index in [1.54, 1.807) is 20.8 Å². The van der Waals surface area contributed by atoms with Crippen LogP contribution in [0.1, 0.15) is 43.1 Å². The second-order valence-corrected chi connectivity index (χ2v) is 6.96. The third-order valence-corrected chi connectivity index (χ3v) is 3.80. The third kappa shape index (κ3) is 4.94. The van der Waals surface area contributed by atoms with Crippen molar-refractivity contribution in [1.29, 1.82) is 0 Å². The van der Waals surface area contributed by atoms with E-state index in [2.05, 4.69) is 10.6 Å². The van der Waals surface area contributed by atoms with Gasteiger partial charge in [0.15, 0.2) is 0 Å². The van der Waals surface area contributed by atoms with Gasteiger partial charge in [-0.05, 0) is 45.0 Å². The van der Waals surface area contributed by atoms with Crippen LogP contribution in [-0.4, -0.2) is 30.7 Å². The van der Waals surface area contributed by atoms with E-state index >= 15 is 0 Å². The summed E-state index contributed by atoms with van der Waals surface area (Å²) in [7, 11) is 0. The molecule has 0 spiro atoms. The molecule has 1 fully saturated rings. The molecule has 138 valence electrons. The molecule has 1 aromatic carbocycles. The number of rotatable bonds is 3. The molecule has 2 N–H and O–H groups in total. The highest BCUT2D eigenvalue weighted by molar-refractivity contribution is 5.94. The molecule has 25 heavy (non-hydrogen) atoms. The van der Waals surface area contributed by atoms with Crippen LogP contribution in [0.5, 0.6) is 0 Å². The molecule has 1 aromatic rings. The summed E-state index contributed by atoms with van der Waals surface area (Å²) in [6, 6.07) is 3.94. The van der Waals surface area contributed by atoms with E-state index in [0.717, 1.165) is 24.3 Å².